The number of aromatic nitrogens is 1. The van der Waals surface area contributed by atoms with E-state index in [4.69, 9.17) is 0 Å². The molecule has 30 heavy (non-hydrogen) atoms. The van der Waals surface area contributed by atoms with Gasteiger partial charge in [-0.25, -0.2) is 0 Å². The molecule has 0 saturated carbocycles. The first-order valence-corrected chi connectivity index (χ1v) is 10.8. The number of benzene rings is 2. The SMILES string of the molecule is O=C(CC(Cc1ccccc1)Cc1ccccc1)N1CCNCC1c1cccnc1. The Morgan fingerprint density at radius 3 is 2.23 bits per heavy atom. The van der Waals surface area contributed by atoms with Gasteiger partial charge in [0.15, 0.2) is 0 Å². The van der Waals surface area contributed by atoms with E-state index in [1.165, 1.54) is 11.1 Å². The summed E-state index contributed by atoms with van der Waals surface area (Å²) in [5, 5.41) is 3.43. The molecule has 4 rings (SSSR count). The predicted octanol–water partition coefficient (Wildman–Crippen LogP) is 4.05. The third-order valence-electron chi connectivity index (χ3n) is 5.83. The van der Waals surface area contributed by atoms with Crippen molar-refractivity contribution in [3.05, 3.63) is 102 Å². The Hall–Kier alpha value is -2.98. The van der Waals surface area contributed by atoms with Crippen molar-refractivity contribution < 1.29 is 4.79 Å². The van der Waals surface area contributed by atoms with Gasteiger partial charge in [0.25, 0.3) is 0 Å². The van der Waals surface area contributed by atoms with Gasteiger partial charge >= 0.3 is 0 Å². The third-order valence-corrected chi connectivity index (χ3v) is 5.83. The zero-order chi connectivity index (χ0) is 20.6. The van der Waals surface area contributed by atoms with Crippen LogP contribution in [0.15, 0.2) is 85.2 Å². The highest BCUT2D eigenvalue weighted by atomic mass is 16.2. The first-order valence-electron chi connectivity index (χ1n) is 10.8. The van der Waals surface area contributed by atoms with Crippen LogP contribution in [0.25, 0.3) is 0 Å². The molecular weight excluding hydrogens is 370 g/mol. The molecule has 1 aliphatic heterocycles. The van der Waals surface area contributed by atoms with Crippen LogP contribution >= 0.6 is 0 Å². The van der Waals surface area contributed by atoms with Gasteiger partial charge in [-0.2, -0.15) is 0 Å². The van der Waals surface area contributed by atoms with Crippen LogP contribution in [0.1, 0.15) is 29.2 Å². The first kappa shape index (κ1) is 20.3. The molecule has 2 aromatic carbocycles. The summed E-state index contributed by atoms with van der Waals surface area (Å²) in [6, 6.07) is 25.1. The highest BCUT2D eigenvalue weighted by Crippen LogP contribution is 2.25. The molecule has 1 aromatic heterocycles. The van der Waals surface area contributed by atoms with Gasteiger partial charge in [0.05, 0.1) is 6.04 Å². The molecular formula is C26H29N3O. The Kier molecular flexibility index (Phi) is 6.88. The zero-order valence-corrected chi connectivity index (χ0v) is 17.3. The van der Waals surface area contributed by atoms with Crippen molar-refractivity contribution >= 4 is 5.91 Å². The van der Waals surface area contributed by atoms with Crippen molar-refractivity contribution in [1.82, 2.24) is 15.2 Å². The molecule has 1 atom stereocenters. The van der Waals surface area contributed by atoms with Gasteiger partial charge in [-0.05, 0) is 41.5 Å². The van der Waals surface area contributed by atoms with Crippen molar-refractivity contribution in [2.75, 3.05) is 19.6 Å². The number of nitrogens with one attached hydrogen (secondary N) is 1. The summed E-state index contributed by atoms with van der Waals surface area (Å²) in [7, 11) is 0. The van der Waals surface area contributed by atoms with Crippen LogP contribution in [0.4, 0.5) is 0 Å². The summed E-state index contributed by atoms with van der Waals surface area (Å²) < 4.78 is 0. The smallest absolute Gasteiger partial charge is 0.223 e. The van der Waals surface area contributed by atoms with Gasteiger partial charge in [-0.1, -0.05) is 66.7 Å². The number of hydrogen-bond donors (Lipinski definition) is 1. The lowest BCUT2D eigenvalue weighted by Crippen LogP contribution is -2.49. The zero-order valence-electron chi connectivity index (χ0n) is 17.3. The maximum Gasteiger partial charge on any atom is 0.223 e. The molecule has 0 aliphatic carbocycles. The quantitative estimate of drug-likeness (QED) is 0.652. The molecule has 1 aliphatic rings. The van der Waals surface area contributed by atoms with Crippen molar-refractivity contribution in [1.29, 1.82) is 0 Å². The van der Waals surface area contributed by atoms with E-state index in [0.29, 0.717) is 6.42 Å². The van der Waals surface area contributed by atoms with E-state index in [2.05, 4.69) is 69.8 Å². The Morgan fingerprint density at radius 2 is 1.63 bits per heavy atom. The fraction of sp³-hybridized carbons (Fsp3) is 0.308. The first-order chi connectivity index (χ1) is 14.8. The van der Waals surface area contributed by atoms with Gasteiger partial charge < -0.3 is 10.2 Å². The molecule has 0 spiro atoms. The van der Waals surface area contributed by atoms with Gasteiger partial charge in [-0.15, -0.1) is 0 Å². The number of carbonyl (C=O) groups is 1. The molecule has 1 N–H and O–H groups in total. The minimum absolute atomic E-state index is 0.0500. The van der Waals surface area contributed by atoms with Crippen LogP contribution in [-0.4, -0.2) is 35.4 Å². The minimum Gasteiger partial charge on any atom is -0.333 e. The molecule has 0 bridgehead atoms. The van der Waals surface area contributed by atoms with Gasteiger partial charge in [0.1, 0.15) is 0 Å². The molecule has 154 valence electrons. The molecule has 1 fully saturated rings. The Bertz CT molecular complexity index is 873. The number of amides is 1. The maximum atomic E-state index is 13.5. The summed E-state index contributed by atoms with van der Waals surface area (Å²) in [5.41, 5.74) is 3.67. The van der Waals surface area contributed by atoms with Crippen LogP contribution in [-0.2, 0) is 17.6 Å². The van der Waals surface area contributed by atoms with E-state index < -0.39 is 0 Å². The largest absolute Gasteiger partial charge is 0.333 e. The lowest BCUT2D eigenvalue weighted by Gasteiger charge is -2.37. The fourth-order valence-electron chi connectivity index (χ4n) is 4.35. The topological polar surface area (TPSA) is 45.2 Å². The summed E-state index contributed by atoms with van der Waals surface area (Å²) in [4.78, 5) is 19.8. The monoisotopic (exact) mass is 399 g/mol. The van der Waals surface area contributed by atoms with E-state index >= 15 is 0 Å². The molecule has 2 heterocycles. The van der Waals surface area contributed by atoms with Crippen molar-refractivity contribution in [3.8, 4) is 0 Å². The molecule has 1 amide bonds. The van der Waals surface area contributed by atoms with Gasteiger partial charge in [0, 0.05) is 38.4 Å². The second-order valence-electron chi connectivity index (χ2n) is 8.04. The highest BCUT2D eigenvalue weighted by molar-refractivity contribution is 5.77. The van der Waals surface area contributed by atoms with E-state index in [0.717, 1.165) is 38.0 Å². The number of piperazine rings is 1. The predicted molar refractivity (Wildman–Crippen MR) is 120 cm³/mol. The number of rotatable bonds is 7. The standard InChI is InChI=1S/C26H29N3O/c30-26(29-15-14-28-20-25(29)24-12-7-13-27-19-24)18-23(16-21-8-3-1-4-9-21)17-22-10-5-2-6-11-22/h1-13,19,23,25,28H,14-18,20H2. The van der Waals surface area contributed by atoms with Gasteiger partial charge in [0.2, 0.25) is 5.91 Å². The minimum atomic E-state index is 0.0500. The number of carbonyl (C=O) groups excluding carboxylic acids is 1. The van der Waals surface area contributed by atoms with E-state index in [-0.39, 0.29) is 17.9 Å². The lowest BCUT2D eigenvalue weighted by atomic mass is 9.89. The average Bonchev–Trinajstić information content (AvgIpc) is 2.81. The summed E-state index contributed by atoms with van der Waals surface area (Å²) in [6.45, 7) is 2.35. The normalized spacial score (nSPS) is 16.6. The summed E-state index contributed by atoms with van der Waals surface area (Å²) >= 11 is 0. The van der Waals surface area contributed by atoms with Crippen molar-refractivity contribution in [3.63, 3.8) is 0 Å². The Balaban J connectivity index is 1.51. The molecule has 4 heteroatoms. The van der Waals surface area contributed by atoms with Crippen LogP contribution in [0.5, 0.6) is 0 Å². The molecule has 1 saturated heterocycles. The third kappa shape index (κ3) is 5.33. The lowest BCUT2D eigenvalue weighted by molar-refractivity contribution is -0.135. The second kappa shape index (κ2) is 10.2. The summed E-state index contributed by atoms with van der Waals surface area (Å²) in [5.74, 6) is 0.508. The van der Waals surface area contributed by atoms with E-state index in [1.54, 1.807) is 6.20 Å². The molecule has 3 aromatic rings. The maximum absolute atomic E-state index is 13.5. The van der Waals surface area contributed by atoms with E-state index in [1.807, 2.05) is 24.4 Å². The molecule has 0 radical (unpaired) electrons. The van der Waals surface area contributed by atoms with Crippen molar-refractivity contribution in [2.24, 2.45) is 5.92 Å². The summed E-state index contributed by atoms with van der Waals surface area (Å²) in [6.07, 6.45) is 6.03. The van der Waals surface area contributed by atoms with Crippen LogP contribution in [0.2, 0.25) is 0 Å². The Labute approximate surface area is 179 Å². The van der Waals surface area contributed by atoms with E-state index in [9.17, 15) is 4.79 Å². The number of pyridine rings is 1. The second-order valence-corrected chi connectivity index (χ2v) is 8.04. The van der Waals surface area contributed by atoms with Crippen LogP contribution < -0.4 is 5.32 Å². The molecule has 4 nitrogen and oxygen atoms in total. The number of hydrogen-bond acceptors (Lipinski definition) is 3. The van der Waals surface area contributed by atoms with Crippen LogP contribution in [0.3, 0.4) is 0 Å². The fourth-order valence-corrected chi connectivity index (χ4v) is 4.35. The highest BCUT2D eigenvalue weighted by Gasteiger charge is 2.29. The van der Waals surface area contributed by atoms with Crippen LogP contribution in [0, 0.1) is 5.92 Å². The Morgan fingerprint density at radius 1 is 0.967 bits per heavy atom. The number of nitrogens with zero attached hydrogens (tertiary/aromatic N) is 2. The van der Waals surface area contributed by atoms with Crippen molar-refractivity contribution in [2.45, 2.75) is 25.3 Å². The van der Waals surface area contributed by atoms with Gasteiger partial charge in [-0.3, -0.25) is 9.78 Å². The average molecular weight is 400 g/mol. The molecule has 1 unspecified atom stereocenters.